The van der Waals surface area contributed by atoms with Gasteiger partial charge in [-0.05, 0) is 46.8 Å². The molecule has 4 heterocycles. The minimum Gasteiger partial charge on any atom is -0.466 e. The number of rotatable bonds is 4. The molecule has 0 atom stereocenters. The quantitative estimate of drug-likeness (QED) is 0.562. The van der Waals surface area contributed by atoms with E-state index in [2.05, 4.69) is 15.5 Å². The number of nitrogens with one attached hydrogen (secondary N) is 1. The highest BCUT2D eigenvalue weighted by Gasteiger charge is 2.21. The molecule has 0 unspecified atom stereocenters. The lowest BCUT2D eigenvalue weighted by Gasteiger charge is -2.11. The molecule has 8 nitrogen and oxygen atoms in total. The third-order valence-corrected chi connectivity index (χ3v) is 4.86. The van der Waals surface area contributed by atoms with Crippen molar-refractivity contribution in [3.05, 3.63) is 47.2 Å². The molecule has 1 amide bonds. The Labute approximate surface area is 168 Å². The van der Waals surface area contributed by atoms with E-state index in [1.165, 1.54) is 0 Å². The van der Waals surface area contributed by atoms with Crippen molar-refractivity contribution >= 4 is 22.8 Å². The lowest BCUT2D eigenvalue weighted by atomic mass is 10.1. The first-order valence-electron chi connectivity index (χ1n) is 9.52. The summed E-state index contributed by atoms with van der Waals surface area (Å²) in [5, 5.41) is 12.4. The summed E-state index contributed by atoms with van der Waals surface area (Å²) in [6, 6.07) is 5.67. The first-order valence-corrected chi connectivity index (χ1v) is 9.52. The number of amides is 1. The number of nitrogens with zero attached hydrogens (tertiary/aromatic N) is 5. The predicted molar refractivity (Wildman–Crippen MR) is 111 cm³/mol. The van der Waals surface area contributed by atoms with Gasteiger partial charge in [0, 0.05) is 24.7 Å². The van der Waals surface area contributed by atoms with Crippen LogP contribution in [-0.4, -0.2) is 30.5 Å². The van der Waals surface area contributed by atoms with E-state index < -0.39 is 0 Å². The SMILES string of the molecule is Cc1cc(NC(=O)c2cc(-c3cc(C)oc3C)nc3c2cnn3C(C)C)n(C)n1. The van der Waals surface area contributed by atoms with Crippen LogP contribution < -0.4 is 5.32 Å². The number of anilines is 1. The molecule has 0 aliphatic heterocycles. The van der Waals surface area contributed by atoms with Crippen molar-refractivity contribution in [1.29, 1.82) is 0 Å². The van der Waals surface area contributed by atoms with Crippen LogP contribution in [0.1, 0.15) is 47.5 Å². The van der Waals surface area contributed by atoms with Crippen LogP contribution in [0, 0.1) is 20.8 Å². The Morgan fingerprint density at radius 3 is 2.52 bits per heavy atom. The van der Waals surface area contributed by atoms with Crippen LogP contribution in [0.2, 0.25) is 0 Å². The van der Waals surface area contributed by atoms with Crippen molar-refractivity contribution in [1.82, 2.24) is 24.5 Å². The van der Waals surface area contributed by atoms with E-state index in [1.807, 2.05) is 51.4 Å². The van der Waals surface area contributed by atoms with Crippen molar-refractivity contribution in [3.63, 3.8) is 0 Å². The fourth-order valence-electron chi connectivity index (χ4n) is 3.52. The zero-order chi connectivity index (χ0) is 20.9. The summed E-state index contributed by atoms with van der Waals surface area (Å²) in [4.78, 5) is 18.0. The summed E-state index contributed by atoms with van der Waals surface area (Å²) in [5.74, 6) is 1.96. The second kappa shape index (κ2) is 6.88. The Morgan fingerprint density at radius 1 is 1.17 bits per heavy atom. The second-order valence-electron chi connectivity index (χ2n) is 7.55. The molecule has 4 aromatic heterocycles. The van der Waals surface area contributed by atoms with Crippen LogP contribution >= 0.6 is 0 Å². The van der Waals surface area contributed by atoms with Gasteiger partial charge in [-0.25, -0.2) is 9.67 Å². The molecule has 150 valence electrons. The van der Waals surface area contributed by atoms with Gasteiger partial charge >= 0.3 is 0 Å². The normalized spacial score (nSPS) is 11.6. The molecular weight excluding hydrogens is 368 g/mol. The number of pyridine rings is 1. The molecule has 0 radical (unpaired) electrons. The van der Waals surface area contributed by atoms with E-state index in [0.717, 1.165) is 22.8 Å². The standard InChI is InChI=1S/C21H24N6O2/c1-11(2)27-20-17(10-22-27)16(21(28)24-19-7-12(3)25-26(19)6)9-18(23-20)15-8-13(4)29-14(15)5/h7-11H,1-6H3,(H,24,28). The minimum absolute atomic E-state index is 0.109. The summed E-state index contributed by atoms with van der Waals surface area (Å²) in [6.07, 6.45) is 1.70. The monoisotopic (exact) mass is 392 g/mol. The van der Waals surface area contributed by atoms with Crippen molar-refractivity contribution in [2.45, 2.75) is 40.7 Å². The predicted octanol–water partition coefficient (Wildman–Crippen LogP) is 4.18. The number of fused-ring (bicyclic) bond motifs is 1. The van der Waals surface area contributed by atoms with Crippen molar-refractivity contribution in [3.8, 4) is 11.3 Å². The number of carbonyl (C=O) groups is 1. The van der Waals surface area contributed by atoms with Crippen LogP contribution in [0.3, 0.4) is 0 Å². The lowest BCUT2D eigenvalue weighted by Crippen LogP contribution is -2.15. The number of hydrogen-bond acceptors (Lipinski definition) is 5. The summed E-state index contributed by atoms with van der Waals surface area (Å²) in [6.45, 7) is 9.74. The molecule has 0 aromatic carbocycles. The Hall–Kier alpha value is -3.42. The lowest BCUT2D eigenvalue weighted by molar-refractivity contribution is 0.102. The van der Waals surface area contributed by atoms with Crippen LogP contribution in [0.25, 0.3) is 22.3 Å². The number of furan rings is 1. The molecule has 0 aliphatic carbocycles. The number of hydrogen-bond donors (Lipinski definition) is 1. The number of aryl methyl sites for hydroxylation is 4. The molecule has 0 saturated carbocycles. The zero-order valence-electron chi connectivity index (χ0n) is 17.4. The third-order valence-electron chi connectivity index (χ3n) is 4.86. The van der Waals surface area contributed by atoms with Gasteiger partial charge in [0.25, 0.3) is 5.91 Å². The van der Waals surface area contributed by atoms with Gasteiger partial charge in [-0.15, -0.1) is 0 Å². The molecule has 0 bridgehead atoms. The van der Waals surface area contributed by atoms with E-state index in [4.69, 9.17) is 9.40 Å². The van der Waals surface area contributed by atoms with E-state index in [-0.39, 0.29) is 11.9 Å². The third kappa shape index (κ3) is 3.30. The maximum Gasteiger partial charge on any atom is 0.257 e. The average molecular weight is 392 g/mol. The maximum absolute atomic E-state index is 13.2. The second-order valence-corrected chi connectivity index (χ2v) is 7.55. The van der Waals surface area contributed by atoms with Gasteiger partial charge in [-0.2, -0.15) is 10.2 Å². The van der Waals surface area contributed by atoms with Gasteiger partial charge in [-0.3, -0.25) is 9.48 Å². The first-order chi connectivity index (χ1) is 13.7. The molecule has 0 spiro atoms. The minimum atomic E-state index is -0.233. The summed E-state index contributed by atoms with van der Waals surface area (Å²) < 4.78 is 9.15. The molecule has 0 aliphatic rings. The van der Waals surface area contributed by atoms with Crippen molar-refractivity contribution in [2.75, 3.05) is 5.32 Å². The molecule has 4 aromatic rings. The van der Waals surface area contributed by atoms with Crippen LogP contribution in [0.15, 0.2) is 28.8 Å². The van der Waals surface area contributed by atoms with E-state index in [9.17, 15) is 4.79 Å². The summed E-state index contributed by atoms with van der Waals surface area (Å²) in [5.41, 5.74) is 3.56. The van der Waals surface area contributed by atoms with Gasteiger partial charge in [0.15, 0.2) is 5.65 Å². The molecule has 4 rings (SSSR count). The highest BCUT2D eigenvalue weighted by Crippen LogP contribution is 2.30. The fourth-order valence-corrected chi connectivity index (χ4v) is 3.52. The molecule has 29 heavy (non-hydrogen) atoms. The van der Waals surface area contributed by atoms with Crippen LogP contribution in [-0.2, 0) is 7.05 Å². The summed E-state index contributed by atoms with van der Waals surface area (Å²) >= 11 is 0. The van der Waals surface area contributed by atoms with Gasteiger partial charge in [-0.1, -0.05) is 0 Å². The van der Waals surface area contributed by atoms with Crippen molar-refractivity contribution in [2.24, 2.45) is 7.05 Å². The largest absolute Gasteiger partial charge is 0.466 e. The van der Waals surface area contributed by atoms with Gasteiger partial charge in [0.1, 0.15) is 17.3 Å². The van der Waals surface area contributed by atoms with Gasteiger partial charge < -0.3 is 9.73 Å². The Morgan fingerprint density at radius 2 is 1.93 bits per heavy atom. The highest BCUT2D eigenvalue weighted by molar-refractivity contribution is 6.12. The van der Waals surface area contributed by atoms with Gasteiger partial charge in [0.05, 0.1) is 28.5 Å². The molecule has 0 saturated heterocycles. The molecule has 1 N–H and O–H groups in total. The van der Waals surface area contributed by atoms with E-state index in [1.54, 1.807) is 24.0 Å². The molecular formula is C21H24N6O2. The van der Waals surface area contributed by atoms with Crippen LogP contribution in [0.5, 0.6) is 0 Å². The number of carbonyl (C=O) groups excluding carboxylic acids is 1. The Bertz CT molecular complexity index is 1230. The van der Waals surface area contributed by atoms with Crippen LogP contribution in [0.4, 0.5) is 5.82 Å². The smallest absolute Gasteiger partial charge is 0.257 e. The average Bonchev–Trinajstić information content (AvgIpc) is 3.30. The summed E-state index contributed by atoms with van der Waals surface area (Å²) in [7, 11) is 1.80. The van der Waals surface area contributed by atoms with E-state index >= 15 is 0 Å². The topological polar surface area (TPSA) is 90.8 Å². The number of aromatic nitrogens is 5. The Kier molecular flexibility index (Phi) is 4.49. The Balaban J connectivity index is 1.88. The first kappa shape index (κ1) is 18.9. The van der Waals surface area contributed by atoms with Gasteiger partial charge in [0.2, 0.25) is 0 Å². The van der Waals surface area contributed by atoms with E-state index in [0.29, 0.717) is 28.1 Å². The zero-order valence-corrected chi connectivity index (χ0v) is 17.4. The molecule has 8 heteroatoms. The van der Waals surface area contributed by atoms with Crippen molar-refractivity contribution < 1.29 is 9.21 Å². The highest BCUT2D eigenvalue weighted by atomic mass is 16.3. The molecule has 0 fully saturated rings. The fraction of sp³-hybridized carbons (Fsp3) is 0.333. The maximum atomic E-state index is 13.2.